The molecule has 2 unspecified atom stereocenters. The van der Waals surface area contributed by atoms with E-state index in [1.807, 2.05) is 0 Å². The maximum Gasteiger partial charge on any atom is 0.0238 e. The highest BCUT2D eigenvalue weighted by Gasteiger charge is 2.24. The molecule has 0 saturated carbocycles. The average Bonchev–Trinajstić information content (AvgIpc) is 2.43. The van der Waals surface area contributed by atoms with Gasteiger partial charge in [-0.1, -0.05) is 27.7 Å². The Morgan fingerprint density at radius 1 is 0.667 bits per heavy atom. The average molecular weight is 301 g/mol. The van der Waals surface area contributed by atoms with Crippen LogP contribution in [0.15, 0.2) is 0 Å². The number of nitrogens with zero attached hydrogens (tertiary/aromatic N) is 4. The molecule has 0 radical (unpaired) electrons. The summed E-state index contributed by atoms with van der Waals surface area (Å²) in [4.78, 5) is 9.88. The highest BCUT2D eigenvalue weighted by molar-refractivity contribution is 4.82. The van der Waals surface area contributed by atoms with Crippen molar-refractivity contribution < 1.29 is 0 Å². The van der Waals surface area contributed by atoms with Crippen LogP contribution in [-0.2, 0) is 0 Å². The fourth-order valence-electron chi connectivity index (χ4n) is 3.04. The molecule has 0 rings (SSSR count). The summed E-state index contributed by atoms with van der Waals surface area (Å²) in [5.41, 5.74) is 0. The minimum absolute atomic E-state index is 0.612. The maximum absolute atomic E-state index is 2.63. The van der Waals surface area contributed by atoms with Crippen LogP contribution in [0.4, 0.5) is 0 Å². The molecule has 0 amide bonds. The normalized spacial score (nSPS) is 15.4. The zero-order chi connectivity index (χ0) is 16.4. The van der Waals surface area contributed by atoms with E-state index in [1.54, 1.807) is 0 Å². The fraction of sp³-hybridized carbons (Fsp3) is 1.00. The molecule has 21 heavy (non-hydrogen) atoms. The minimum Gasteiger partial charge on any atom is -0.308 e. The van der Waals surface area contributed by atoms with Gasteiger partial charge < -0.3 is 14.7 Å². The van der Waals surface area contributed by atoms with Gasteiger partial charge in [-0.05, 0) is 60.8 Å². The molecule has 0 fully saturated rings. The van der Waals surface area contributed by atoms with E-state index in [-0.39, 0.29) is 0 Å². The first-order chi connectivity index (χ1) is 9.89. The highest BCUT2D eigenvalue weighted by atomic mass is 15.2. The summed E-state index contributed by atoms with van der Waals surface area (Å²) in [7, 11) is 8.77. The van der Waals surface area contributed by atoms with E-state index in [4.69, 9.17) is 0 Å². The Kier molecular flexibility index (Phi) is 11.3. The quantitative estimate of drug-likeness (QED) is 0.546. The van der Waals surface area contributed by atoms with Gasteiger partial charge in [-0.3, -0.25) is 4.90 Å². The summed E-state index contributed by atoms with van der Waals surface area (Å²) in [6.07, 6.45) is 1.24. The number of likely N-dealkylation sites (N-methyl/N-ethyl adjacent to an activating group) is 4. The molecule has 0 heterocycles. The highest BCUT2D eigenvalue weighted by Crippen LogP contribution is 2.13. The molecular formula is C17H40N4. The smallest absolute Gasteiger partial charge is 0.0238 e. The summed E-state index contributed by atoms with van der Waals surface area (Å²) in [6, 6.07) is 1.26. The van der Waals surface area contributed by atoms with Crippen molar-refractivity contribution in [2.45, 2.75) is 46.2 Å². The van der Waals surface area contributed by atoms with E-state index in [2.05, 4.69) is 75.5 Å². The summed E-state index contributed by atoms with van der Waals surface area (Å²) < 4.78 is 0. The largest absolute Gasteiger partial charge is 0.308 e. The third-order valence-electron chi connectivity index (χ3n) is 4.54. The zero-order valence-corrected chi connectivity index (χ0v) is 15.9. The second-order valence-corrected chi connectivity index (χ2v) is 6.48. The molecule has 4 heteroatoms. The van der Waals surface area contributed by atoms with Gasteiger partial charge >= 0.3 is 0 Å². The number of hydrogen-bond acceptors (Lipinski definition) is 4. The monoisotopic (exact) mass is 300 g/mol. The van der Waals surface area contributed by atoms with Crippen molar-refractivity contribution in [3.05, 3.63) is 0 Å². The maximum atomic E-state index is 2.63. The van der Waals surface area contributed by atoms with Crippen LogP contribution in [0.3, 0.4) is 0 Å². The molecule has 0 aromatic heterocycles. The van der Waals surface area contributed by atoms with Gasteiger partial charge in [-0.2, -0.15) is 0 Å². The molecule has 0 aliphatic rings. The van der Waals surface area contributed by atoms with Crippen molar-refractivity contribution in [1.82, 2.24) is 19.6 Å². The molecule has 0 spiro atoms. The molecule has 0 N–H and O–H groups in total. The van der Waals surface area contributed by atoms with Crippen molar-refractivity contribution in [2.24, 2.45) is 0 Å². The Balaban J connectivity index is 4.91. The predicted octanol–water partition coefficient (Wildman–Crippen LogP) is 1.92. The Hall–Kier alpha value is -0.160. The van der Waals surface area contributed by atoms with Crippen LogP contribution in [0.1, 0.15) is 34.1 Å². The minimum atomic E-state index is 0.612. The van der Waals surface area contributed by atoms with E-state index >= 15 is 0 Å². The van der Waals surface area contributed by atoms with E-state index in [9.17, 15) is 0 Å². The predicted molar refractivity (Wildman–Crippen MR) is 95.1 cm³/mol. The van der Waals surface area contributed by atoms with Crippen LogP contribution in [0.2, 0.25) is 0 Å². The Morgan fingerprint density at radius 3 is 1.52 bits per heavy atom. The summed E-state index contributed by atoms with van der Waals surface area (Å²) in [5, 5.41) is 0. The van der Waals surface area contributed by atoms with Gasteiger partial charge in [0.1, 0.15) is 0 Å². The Morgan fingerprint density at radius 2 is 1.19 bits per heavy atom. The zero-order valence-electron chi connectivity index (χ0n) is 15.9. The topological polar surface area (TPSA) is 13.0 Å². The van der Waals surface area contributed by atoms with Gasteiger partial charge in [-0.25, -0.2) is 0 Å². The van der Waals surface area contributed by atoms with Crippen molar-refractivity contribution >= 4 is 0 Å². The van der Waals surface area contributed by atoms with Gasteiger partial charge in [0.2, 0.25) is 0 Å². The Labute approximate surface area is 134 Å². The van der Waals surface area contributed by atoms with Crippen molar-refractivity contribution in [3.63, 3.8) is 0 Å². The first-order valence-corrected chi connectivity index (χ1v) is 8.66. The molecule has 0 aliphatic carbocycles. The molecule has 0 aromatic rings. The summed E-state index contributed by atoms with van der Waals surface area (Å²) in [5.74, 6) is 0. The lowest BCUT2D eigenvalue weighted by Crippen LogP contribution is -2.49. The van der Waals surface area contributed by atoms with Gasteiger partial charge in [-0.15, -0.1) is 0 Å². The van der Waals surface area contributed by atoms with E-state index in [1.165, 1.54) is 13.0 Å². The first-order valence-electron chi connectivity index (χ1n) is 8.66. The lowest BCUT2D eigenvalue weighted by Gasteiger charge is -2.38. The van der Waals surface area contributed by atoms with Crippen LogP contribution >= 0.6 is 0 Å². The molecule has 0 saturated heterocycles. The van der Waals surface area contributed by atoms with Gasteiger partial charge in [0.05, 0.1) is 0 Å². The molecule has 0 aliphatic heterocycles. The summed E-state index contributed by atoms with van der Waals surface area (Å²) >= 11 is 0. The first kappa shape index (κ1) is 20.8. The van der Waals surface area contributed by atoms with Crippen molar-refractivity contribution in [1.29, 1.82) is 0 Å². The summed E-state index contributed by atoms with van der Waals surface area (Å²) in [6.45, 7) is 16.0. The Bertz CT molecular complexity index is 235. The second-order valence-electron chi connectivity index (χ2n) is 6.48. The van der Waals surface area contributed by atoms with Gasteiger partial charge in [0.25, 0.3) is 0 Å². The standard InChI is InChI=1S/C17H40N4/c1-9-20(10-2)15-17(21(11-3)12-4)13-16(19(7)8)14-18(5)6/h16-17H,9-15H2,1-8H3. The molecule has 4 nitrogen and oxygen atoms in total. The lowest BCUT2D eigenvalue weighted by atomic mass is 10.0. The van der Waals surface area contributed by atoms with Crippen LogP contribution in [0.5, 0.6) is 0 Å². The second kappa shape index (κ2) is 11.4. The number of hydrogen-bond donors (Lipinski definition) is 0. The van der Waals surface area contributed by atoms with Gasteiger partial charge in [0, 0.05) is 25.2 Å². The van der Waals surface area contributed by atoms with Crippen LogP contribution < -0.4 is 0 Å². The SMILES string of the molecule is CCN(CC)CC(CC(CN(C)C)N(C)C)N(CC)CC. The molecule has 2 atom stereocenters. The molecule has 128 valence electrons. The third-order valence-corrected chi connectivity index (χ3v) is 4.54. The lowest BCUT2D eigenvalue weighted by molar-refractivity contribution is 0.110. The van der Waals surface area contributed by atoms with Crippen molar-refractivity contribution in [2.75, 3.05) is 67.5 Å². The van der Waals surface area contributed by atoms with E-state index < -0.39 is 0 Å². The molecular weight excluding hydrogens is 260 g/mol. The van der Waals surface area contributed by atoms with Crippen LogP contribution in [0, 0.1) is 0 Å². The van der Waals surface area contributed by atoms with E-state index in [0.29, 0.717) is 12.1 Å². The third kappa shape index (κ3) is 8.15. The van der Waals surface area contributed by atoms with E-state index in [0.717, 1.165) is 32.7 Å². The van der Waals surface area contributed by atoms with Crippen LogP contribution in [0.25, 0.3) is 0 Å². The fourth-order valence-corrected chi connectivity index (χ4v) is 3.04. The van der Waals surface area contributed by atoms with Crippen molar-refractivity contribution in [3.8, 4) is 0 Å². The van der Waals surface area contributed by atoms with Gasteiger partial charge in [0.15, 0.2) is 0 Å². The van der Waals surface area contributed by atoms with Crippen LogP contribution in [-0.4, -0.2) is 99.1 Å². The molecule has 0 bridgehead atoms. The molecule has 0 aromatic carbocycles. The number of rotatable bonds is 12.